The third-order valence-corrected chi connectivity index (χ3v) is 2.63. The molecule has 0 aliphatic rings. The third-order valence-electron chi connectivity index (χ3n) is 2.63. The van der Waals surface area contributed by atoms with Gasteiger partial charge < -0.3 is 10.3 Å². The van der Waals surface area contributed by atoms with E-state index in [9.17, 15) is 9.59 Å². The fourth-order valence-electron chi connectivity index (χ4n) is 1.91. The van der Waals surface area contributed by atoms with Gasteiger partial charge in [-0.25, -0.2) is 0 Å². The maximum Gasteiger partial charge on any atom is 0.248 e. The van der Waals surface area contributed by atoms with E-state index in [0.717, 1.165) is 22.9 Å². The molecule has 2 N–H and O–H groups in total. The molecule has 0 unspecified atom stereocenters. The summed E-state index contributed by atoms with van der Waals surface area (Å²) in [5.74, 6) is -0.127. The number of hydrogen-bond donors (Lipinski definition) is 2. The number of carbonyl (C=O) groups is 1. The van der Waals surface area contributed by atoms with Crippen LogP contribution in [0, 0.1) is 0 Å². The normalized spacial score (nSPS) is 10.5. The number of aromatic amines is 1. The average Bonchev–Trinajstić information content (AvgIpc) is 2.26. The molecule has 0 saturated carbocycles. The van der Waals surface area contributed by atoms with Gasteiger partial charge in [-0.3, -0.25) is 9.59 Å². The molecule has 1 heterocycles. The second-order valence-corrected chi connectivity index (χ2v) is 3.95. The molecule has 0 aliphatic heterocycles. The van der Waals surface area contributed by atoms with Crippen LogP contribution in [0.1, 0.15) is 19.4 Å². The van der Waals surface area contributed by atoms with Crippen molar-refractivity contribution in [3.63, 3.8) is 0 Å². The van der Waals surface area contributed by atoms with Crippen molar-refractivity contribution < 1.29 is 4.79 Å². The van der Waals surface area contributed by atoms with Gasteiger partial charge in [-0.15, -0.1) is 0 Å². The Hall–Kier alpha value is -2.10. The molecule has 0 bridgehead atoms. The molecular formula is C13H14N2O2. The molecule has 0 fully saturated rings. The molecule has 1 amide bonds. The van der Waals surface area contributed by atoms with Crippen molar-refractivity contribution in [1.29, 1.82) is 0 Å². The minimum absolute atomic E-state index is 0.116. The summed E-state index contributed by atoms with van der Waals surface area (Å²) >= 11 is 0. The average molecular weight is 230 g/mol. The fraction of sp³-hybridized carbons (Fsp3) is 0.231. The van der Waals surface area contributed by atoms with Gasteiger partial charge in [-0.05, 0) is 24.1 Å². The number of aromatic nitrogens is 1. The molecule has 0 radical (unpaired) electrons. The first-order valence-corrected chi connectivity index (χ1v) is 5.53. The molecular weight excluding hydrogens is 216 g/mol. The second kappa shape index (κ2) is 4.41. The summed E-state index contributed by atoms with van der Waals surface area (Å²) in [7, 11) is 0. The summed E-state index contributed by atoms with van der Waals surface area (Å²) in [5.41, 5.74) is 2.34. The summed E-state index contributed by atoms with van der Waals surface area (Å²) in [6, 6.07) is 7.13. The molecule has 0 atom stereocenters. The minimum atomic E-state index is -0.127. The lowest BCUT2D eigenvalue weighted by Crippen LogP contribution is -2.08. The number of amides is 1. The number of nitrogens with one attached hydrogen (secondary N) is 2. The van der Waals surface area contributed by atoms with Gasteiger partial charge in [0.1, 0.15) is 0 Å². The molecule has 1 aromatic carbocycles. The molecule has 88 valence electrons. The van der Waals surface area contributed by atoms with Crippen LogP contribution in [-0.2, 0) is 11.2 Å². The summed E-state index contributed by atoms with van der Waals surface area (Å²) in [5, 5.41) is 3.71. The van der Waals surface area contributed by atoms with Crippen LogP contribution in [0.15, 0.2) is 29.1 Å². The maximum absolute atomic E-state index is 11.5. The van der Waals surface area contributed by atoms with E-state index < -0.39 is 0 Å². The number of pyridine rings is 1. The molecule has 0 aliphatic carbocycles. The molecule has 2 rings (SSSR count). The lowest BCUT2D eigenvalue weighted by molar-refractivity contribution is -0.114. The number of aryl methyl sites for hydroxylation is 1. The fourth-order valence-corrected chi connectivity index (χ4v) is 1.91. The lowest BCUT2D eigenvalue weighted by atomic mass is 10.1. The number of rotatable bonds is 2. The first-order chi connectivity index (χ1) is 8.10. The zero-order valence-electron chi connectivity index (χ0n) is 9.83. The van der Waals surface area contributed by atoms with Crippen molar-refractivity contribution in [2.75, 3.05) is 5.32 Å². The summed E-state index contributed by atoms with van der Waals surface area (Å²) in [6.07, 6.45) is 0.805. The highest BCUT2D eigenvalue weighted by molar-refractivity contribution is 5.92. The van der Waals surface area contributed by atoms with E-state index in [2.05, 4.69) is 10.3 Å². The number of hydrogen-bond acceptors (Lipinski definition) is 2. The highest BCUT2D eigenvalue weighted by Gasteiger charge is 2.03. The zero-order valence-corrected chi connectivity index (χ0v) is 9.83. The quantitative estimate of drug-likeness (QED) is 0.829. The van der Waals surface area contributed by atoms with Crippen LogP contribution in [0.2, 0.25) is 0 Å². The van der Waals surface area contributed by atoms with Gasteiger partial charge in [-0.1, -0.05) is 13.0 Å². The molecule has 17 heavy (non-hydrogen) atoms. The van der Waals surface area contributed by atoms with Gasteiger partial charge in [0.05, 0.1) is 5.52 Å². The predicted octanol–water partition coefficient (Wildman–Crippen LogP) is 2.05. The van der Waals surface area contributed by atoms with Crippen molar-refractivity contribution in [3.8, 4) is 0 Å². The van der Waals surface area contributed by atoms with E-state index in [1.54, 1.807) is 12.1 Å². The molecule has 4 nitrogen and oxygen atoms in total. The second-order valence-electron chi connectivity index (χ2n) is 3.95. The number of carbonyl (C=O) groups excluding carboxylic acids is 1. The monoisotopic (exact) mass is 230 g/mol. The summed E-state index contributed by atoms with van der Waals surface area (Å²) in [6.45, 7) is 3.46. The van der Waals surface area contributed by atoms with E-state index in [4.69, 9.17) is 0 Å². The first kappa shape index (κ1) is 11.4. The highest BCUT2D eigenvalue weighted by atomic mass is 16.1. The van der Waals surface area contributed by atoms with Gasteiger partial charge in [-0.2, -0.15) is 0 Å². The lowest BCUT2D eigenvalue weighted by Gasteiger charge is -2.07. The Bertz CT molecular complexity index is 629. The third kappa shape index (κ3) is 2.36. The van der Waals surface area contributed by atoms with E-state index in [1.165, 1.54) is 6.92 Å². The van der Waals surface area contributed by atoms with Crippen LogP contribution in [0.3, 0.4) is 0 Å². The van der Waals surface area contributed by atoms with Crippen molar-refractivity contribution >= 4 is 22.5 Å². The van der Waals surface area contributed by atoms with E-state index >= 15 is 0 Å². The van der Waals surface area contributed by atoms with Crippen LogP contribution in [0.4, 0.5) is 5.69 Å². The van der Waals surface area contributed by atoms with Gasteiger partial charge in [0.25, 0.3) is 0 Å². The van der Waals surface area contributed by atoms with Crippen LogP contribution in [0.25, 0.3) is 10.9 Å². The number of fused-ring (bicyclic) bond motifs is 1. The minimum Gasteiger partial charge on any atom is -0.326 e. The topological polar surface area (TPSA) is 62.0 Å². The standard InChI is InChI=1S/C13H14N2O2/c1-3-9-6-13(17)15-12-7-10(14-8(2)16)4-5-11(9)12/h4-7H,3H2,1-2H3,(H,14,16)(H,15,17). The summed E-state index contributed by atoms with van der Waals surface area (Å²) in [4.78, 5) is 25.2. The molecule has 4 heteroatoms. The van der Waals surface area contributed by atoms with Crippen molar-refractivity contribution in [2.24, 2.45) is 0 Å². The number of H-pyrrole nitrogens is 1. The van der Waals surface area contributed by atoms with E-state index in [0.29, 0.717) is 5.69 Å². The highest BCUT2D eigenvalue weighted by Crippen LogP contribution is 2.19. The van der Waals surface area contributed by atoms with E-state index in [-0.39, 0.29) is 11.5 Å². The Balaban J connectivity index is 2.61. The van der Waals surface area contributed by atoms with Gasteiger partial charge >= 0.3 is 0 Å². The van der Waals surface area contributed by atoms with E-state index in [1.807, 2.05) is 19.1 Å². The predicted molar refractivity (Wildman–Crippen MR) is 68.3 cm³/mol. The van der Waals surface area contributed by atoms with Crippen LogP contribution in [-0.4, -0.2) is 10.9 Å². The van der Waals surface area contributed by atoms with Crippen LogP contribution >= 0.6 is 0 Å². The van der Waals surface area contributed by atoms with Crippen LogP contribution in [0.5, 0.6) is 0 Å². The summed E-state index contributed by atoms with van der Waals surface area (Å²) < 4.78 is 0. The Morgan fingerprint density at radius 2 is 2.12 bits per heavy atom. The van der Waals surface area contributed by atoms with Crippen molar-refractivity contribution in [3.05, 3.63) is 40.2 Å². The van der Waals surface area contributed by atoms with Crippen molar-refractivity contribution in [2.45, 2.75) is 20.3 Å². The largest absolute Gasteiger partial charge is 0.326 e. The Morgan fingerprint density at radius 1 is 1.35 bits per heavy atom. The number of anilines is 1. The smallest absolute Gasteiger partial charge is 0.248 e. The Kier molecular flexibility index (Phi) is 2.95. The molecule has 1 aromatic heterocycles. The molecule has 0 spiro atoms. The zero-order chi connectivity index (χ0) is 12.4. The number of benzene rings is 1. The maximum atomic E-state index is 11.5. The van der Waals surface area contributed by atoms with Gasteiger partial charge in [0.2, 0.25) is 11.5 Å². The first-order valence-electron chi connectivity index (χ1n) is 5.53. The van der Waals surface area contributed by atoms with Crippen molar-refractivity contribution in [1.82, 2.24) is 4.98 Å². The Morgan fingerprint density at radius 3 is 2.76 bits per heavy atom. The van der Waals surface area contributed by atoms with Gasteiger partial charge in [0.15, 0.2) is 0 Å². The van der Waals surface area contributed by atoms with Gasteiger partial charge in [0, 0.05) is 24.1 Å². The molecule has 2 aromatic rings. The Labute approximate surface area is 98.7 Å². The molecule has 0 saturated heterocycles. The van der Waals surface area contributed by atoms with Crippen LogP contribution < -0.4 is 10.9 Å². The SMILES string of the molecule is CCc1cc(=O)[nH]c2cc(NC(C)=O)ccc12.